The maximum atomic E-state index is 11.9. The lowest BCUT2D eigenvalue weighted by molar-refractivity contribution is -0.121. The lowest BCUT2D eigenvalue weighted by Gasteiger charge is -2.05. The van der Waals surface area contributed by atoms with E-state index >= 15 is 0 Å². The Hall–Kier alpha value is -1.44. The Kier molecular flexibility index (Phi) is 6.82. The number of carbonyl (C=O) groups excluding carboxylic acids is 1. The molecule has 0 aliphatic carbocycles. The smallest absolute Gasteiger partial charge is 0.220 e. The predicted octanol–water partition coefficient (Wildman–Crippen LogP) is 2.93. The number of amides is 1. The molecule has 120 valence electrons. The molecule has 2 aromatic rings. The van der Waals surface area contributed by atoms with Gasteiger partial charge < -0.3 is 15.8 Å². The van der Waals surface area contributed by atoms with Gasteiger partial charge in [-0.3, -0.25) is 4.79 Å². The molecule has 0 bridgehead atoms. The molecule has 0 saturated carbocycles. The first-order valence-corrected chi connectivity index (χ1v) is 8.95. The predicted molar refractivity (Wildman–Crippen MR) is 92.3 cm³/mol. The van der Waals surface area contributed by atoms with Crippen molar-refractivity contribution in [1.29, 1.82) is 0 Å². The molecular formula is C15H21N3O2S2. The van der Waals surface area contributed by atoms with Crippen molar-refractivity contribution in [2.75, 3.05) is 26.0 Å². The van der Waals surface area contributed by atoms with Gasteiger partial charge in [0.25, 0.3) is 0 Å². The van der Waals surface area contributed by atoms with Crippen molar-refractivity contribution in [1.82, 2.24) is 10.3 Å². The molecule has 5 nitrogen and oxygen atoms in total. The van der Waals surface area contributed by atoms with Gasteiger partial charge in [-0.2, -0.15) is 0 Å². The number of hydrogen-bond acceptors (Lipinski definition) is 6. The van der Waals surface area contributed by atoms with E-state index in [1.165, 1.54) is 11.3 Å². The molecule has 0 spiro atoms. The molecular weight excluding hydrogens is 318 g/mol. The van der Waals surface area contributed by atoms with Gasteiger partial charge in [0.1, 0.15) is 0 Å². The number of hydrogen-bond donors (Lipinski definition) is 2. The molecule has 0 atom stereocenters. The van der Waals surface area contributed by atoms with Crippen LogP contribution in [0.25, 0.3) is 10.6 Å². The highest BCUT2D eigenvalue weighted by atomic mass is 32.1. The van der Waals surface area contributed by atoms with E-state index < -0.39 is 0 Å². The average molecular weight is 339 g/mol. The van der Waals surface area contributed by atoms with Crippen LogP contribution in [0.1, 0.15) is 24.1 Å². The molecule has 1 amide bonds. The third-order valence-electron chi connectivity index (χ3n) is 3.14. The zero-order valence-electron chi connectivity index (χ0n) is 12.6. The van der Waals surface area contributed by atoms with E-state index in [0.29, 0.717) is 24.5 Å². The van der Waals surface area contributed by atoms with Gasteiger partial charge >= 0.3 is 0 Å². The quantitative estimate of drug-likeness (QED) is 0.689. The van der Waals surface area contributed by atoms with Gasteiger partial charge in [-0.15, -0.1) is 22.7 Å². The number of aromatic nitrogens is 1. The van der Waals surface area contributed by atoms with Gasteiger partial charge in [0, 0.05) is 31.6 Å². The van der Waals surface area contributed by atoms with E-state index in [1.54, 1.807) is 18.4 Å². The van der Waals surface area contributed by atoms with Crippen LogP contribution in [0.3, 0.4) is 0 Å². The summed E-state index contributed by atoms with van der Waals surface area (Å²) in [6.45, 7) is 1.44. The largest absolute Gasteiger partial charge is 0.385 e. The number of anilines is 1. The maximum Gasteiger partial charge on any atom is 0.220 e. The number of thiazole rings is 1. The minimum Gasteiger partial charge on any atom is -0.385 e. The molecule has 22 heavy (non-hydrogen) atoms. The molecule has 0 aliphatic heterocycles. The number of nitrogens with two attached hydrogens (primary N) is 1. The van der Waals surface area contributed by atoms with Crippen molar-refractivity contribution in [2.24, 2.45) is 0 Å². The summed E-state index contributed by atoms with van der Waals surface area (Å²) in [4.78, 5) is 18.4. The number of nitrogens with zero attached hydrogens (tertiary/aromatic N) is 1. The summed E-state index contributed by atoms with van der Waals surface area (Å²) >= 11 is 3.10. The number of carbonyl (C=O) groups is 1. The second kappa shape index (κ2) is 8.87. The fourth-order valence-corrected chi connectivity index (χ4v) is 3.71. The van der Waals surface area contributed by atoms with Crippen molar-refractivity contribution in [3.05, 3.63) is 22.4 Å². The number of aryl methyl sites for hydroxylation is 1. The van der Waals surface area contributed by atoms with Crippen LogP contribution in [0.15, 0.2) is 17.5 Å². The Labute approximate surface area is 138 Å². The van der Waals surface area contributed by atoms with Gasteiger partial charge in [-0.05, 0) is 30.7 Å². The Morgan fingerprint density at radius 1 is 1.45 bits per heavy atom. The molecule has 0 aromatic carbocycles. The summed E-state index contributed by atoms with van der Waals surface area (Å²) in [5.74, 6) is 0.0708. The number of rotatable bonds is 9. The van der Waals surface area contributed by atoms with E-state index in [9.17, 15) is 4.79 Å². The first kappa shape index (κ1) is 16.9. The number of thiophene rings is 1. The topological polar surface area (TPSA) is 77.2 Å². The number of nitrogens with one attached hydrogen (secondary N) is 1. The van der Waals surface area contributed by atoms with Gasteiger partial charge in [-0.25, -0.2) is 4.98 Å². The van der Waals surface area contributed by atoms with Crippen molar-refractivity contribution in [2.45, 2.75) is 25.7 Å². The van der Waals surface area contributed by atoms with Crippen LogP contribution < -0.4 is 11.1 Å². The van der Waals surface area contributed by atoms with E-state index in [-0.39, 0.29) is 5.91 Å². The van der Waals surface area contributed by atoms with Gasteiger partial charge in [0.05, 0.1) is 10.6 Å². The molecule has 3 N–H and O–H groups in total. The van der Waals surface area contributed by atoms with Crippen molar-refractivity contribution in [3.8, 4) is 10.6 Å². The second-order valence-electron chi connectivity index (χ2n) is 4.85. The van der Waals surface area contributed by atoms with Crippen LogP contribution in [-0.4, -0.2) is 31.2 Å². The van der Waals surface area contributed by atoms with Crippen LogP contribution in [0, 0.1) is 0 Å². The van der Waals surface area contributed by atoms with Crippen LogP contribution in [0.4, 0.5) is 5.13 Å². The fraction of sp³-hybridized carbons (Fsp3) is 0.467. The molecule has 2 heterocycles. The summed E-state index contributed by atoms with van der Waals surface area (Å²) in [6, 6.07) is 4.02. The molecule has 0 fully saturated rings. The Morgan fingerprint density at radius 3 is 3.05 bits per heavy atom. The summed E-state index contributed by atoms with van der Waals surface area (Å²) < 4.78 is 4.98. The third-order valence-corrected chi connectivity index (χ3v) is 4.97. The highest BCUT2D eigenvalue weighted by Gasteiger charge is 2.13. The highest BCUT2D eigenvalue weighted by molar-refractivity contribution is 7.17. The first-order valence-electron chi connectivity index (χ1n) is 7.25. The standard InChI is InChI=1S/C15H21N3O2S2/c1-20-9-3-2-8-17-13(19)7-6-12-14(18-15(16)22-12)11-5-4-10-21-11/h4-5,10H,2-3,6-9H2,1H3,(H2,16,18)(H,17,19). The minimum absolute atomic E-state index is 0.0708. The molecule has 2 aromatic heterocycles. The van der Waals surface area contributed by atoms with E-state index in [0.717, 1.165) is 34.9 Å². The Morgan fingerprint density at radius 2 is 2.32 bits per heavy atom. The van der Waals surface area contributed by atoms with Gasteiger partial charge in [0.2, 0.25) is 5.91 Å². The molecule has 2 rings (SSSR count). The number of methoxy groups -OCH3 is 1. The fourth-order valence-electron chi connectivity index (χ4n) is 2.06. The Bertz CT molecular complexity index is 582. The van der Waals surface area contributed by atoms with Crippen LogP contribution in [0.5, 0.6) is 0 Å². The minimum atomic E-state index is 0.0708. The normalized spacial score (nSPS) is 10.8. The third kappa shape index (κ3) is 5.08. The summed E-state index contributed by atoms with van der Waals surface area (Å²) in [5.41, 5.74) is 6.74. The zero-order chi connectivity index (χ0) is 15.8. The van der Waals surface area contributed by atoms with Crippen LogP contribution >= 0.6 is 22.7 Å². The highest BCUT2D eigenvalue weighted by Crippen LogP contribution is 2.33. The first-order chi connectivity index (χ1) is 10.7. The lowest BCUT2D eigenvalue weighted by atomic mass is 10.2. The second-order valence-corrected chi connectivity index (χ2v) is 6.91. The van der Waals surface area contributed by atoms with E-state index in [4.69, 9.17) is 10.5 Å². The average Bonchev–Trinajstić information content (AvgIpc) is 3.14. The molecule has 0 radical (unpaired) electrons. The summed E-state index contributed by atoms with van der Waals surface area (Å²) in [7, 11) is 1.69. The molecule has 7 heteroatoms. The molecule has 0 aliphatic rings. The van der Waals surface area contributed by atoms with E-state index in [1.807, 2.05) is 17.5 Å². The van der Waals surface area contributed by atoms with Crippen LogP contribution in [0.2, 0.25) is 0 Å². The molecule has 0 saturated heterocycles. The summed E-state index contributed by atoms with van der Waals surface area (Å²) in [5, 5.41) is 5.50. The molecule has 0 unspecified atom stereocenters. The lowest BCUT2D eigenvalue weighted by Crippen LogP contribution is -2.24. The monoisotopic (exact) mass is 339 g/mol. The van der Waals surface area contributed by atoms with Crippen molar-refractivity contribution >= 4 is 33.7 Å². The van der Waals surface area contributed by atoms with E-state index in [2.05, 4.69) is 10.3 Å². The zero-order valence-corrected chi connectivity index (χ0v) is 14.3. The number of ether oxygens (including phenoxy) is 1. The van der Waals surface area contributed by atoms with Crippen LogP contribution in [-0.2, 0) is 16.0 Å². The number of nitrogen functional groups attached to an aromatic ring is 1. The van der Waals surface area contributed by atoms with Crippen molar-refractivity contribution < 1.29 is 9.53 Å². The van der Waals surface area contributed by atoms with Gasteiger partial charge in [-0.1, -0.05) is 6.07 Å². The summed E-state index contributed by atoms with van der Waals surface area (Å²) in [6.07, 6.45) is 3.04. The Balaban J connectivity index is 1.81. The van der Waals surface area contributed by atoms with Gasteiger partial charge in [0.15, 0.2) is 5.13 Å². The SMILES string of the molecule is COCCCCNC(=O)CCc1sc(N)nc1-c1cccs1. The number of unbranched alkanes of at least 4 members (excludes halogenated alkanes) is 1. The van der Waals surface area contributed by atoms with Crippen molar-refractivity contribution in [3.63, 3.8) is 0 Å². The maximum absolute atomic E-state index is 11.9.